The second-order valence-electron chi connectivity index (χ2n) is 7.15. The van der Waals surface area contributed by atoms with E-state index in [1.165, 1.54) is 12.1 Å². The molecule has 0 aliphatic carbocycles. The Morgan fingerprint density at radius 3 is 2.93 bits per heavy atom. The SMILES string of the molecule is [C-]#[N+]c1c(F)ccc2c1CN(CC)c1ccn3nc(C)c(c3n1)C(=O)NC[C@@H](C)O2. The zero-order chi connectivity index (χ0) is 21.4. The number of rotatable bonds is 1. The van der Waals surface area contributed by atoms with Gasteiger partial charge in [0.15, 0.2) is 5.65 Å². The van der Waals surface area contributed by atoms with Gasteiger partial charge in [-0.25, -0.2) is 18.7 Å². The second kappa shape index (κ2) is 7.63. The highest BCUT2D eigenvalue weighted by molar-refractivity contribution is 6.01. The smallest absolute Gasteiger partial charge is 0.257 e. The fourth-order valence-corrected chi connectivity index (χ4v) is 3.57. The molecule has 2 aromatic heterocycles. The third kappa shape index (κ3) is 3.30. The van der Waals surface area contributed by atoms with Gasteiger partial charge in [0.2, 0.25) is 5.69 Å². The minimum atomic E-state index is -0.592. The van der Waals surface area contributed by atoms with Gasteiger partial charge in [-0.1, -0.05) is 0 Å². The molecule has 0 spiro atoms. The van der Waals surface area contributed by atoms with Crippen molar-refractivity contribution < 1.29 is 13.9 Å². The predicted molar refractivity (Wildman–Crippen MR) is 110 cm³/mol. The summed E-state index contributed by atoms with van der Waals surface area (Å²) in [6.45, 7) is 14.0. The molecule has 3 aromatic rings. The van der Waals surface area contributed by atoms with Crippen molar-refractivity contribution in [1.82, 2.24) is 19.9 Å². The molecule has 4 rings (SSSR count). The van der Waals surface area contributed by atoms with Crippen LogP contribution in [0.5, 0.6) is 5.75 Å². The summed E-state index contributed by atoms with van der Waals surface area (Å²) < 4.78 is 21.9. The molecule has 1 N–H and O–H groups in total. The van der Waals surface area contributed by atoms with Crippen molar-refractivity contribution in [3.63, 3.8) is 0 Å². The highest BCUT2D eigenvalue weighted by Crippen LogP contribution is 2.34. The molecule has 154 valence electrons. The van der Waals surface area contributed by atoms with Crippen LogP contribution in [0.25, 0.3) is 10.5 Å². The maximum Gasteiger partial charge on any atom is 0.257 e. The van der Waals surface area contributed by atoms with Crippen LogP contribution in [0.15, 0.2) is 24.4 Å². The number of carbonyl (C=O) groups is 1. The minimum absolute atomic E-state index is 0.0704. The van der Waals surface area contributed by atoms with Gasteiger partial charge < -0.3 is 15.0 Å². The van der Waals surface area contributed by atoms with Crippen LogP contribution >= 0.6 is 0 Å². The number of hydrogen-bond acceptors (Lipinski definition) is 5. The van der Waals surface area contributed by atoms with E-state index in [1.807, 2.05) is 11.8 Å². The highest BCUT2D eigenvalue weighted by Gasteiger charge is 2.24. The first kappa shape index (κ1) is 19.6. The highest BCUT2D eigenvalue weighted by atomic mass is 19.1. The molecule has 0 radical (unpaired) electrons. The molecule has 1 amide bonds. The van der Waals surface area contributed by atoms with E-state index >= 15 is 0 Å². The van der Waals surface area contributed by atoms with Gasteiger partial charge in [-0.3, -0.25) is 4.79 Å². The first-order valence-corrected chi connectivity index (χ1v) is 9.67. The minimum Gasteiger partial charge on any atom is -0.490 e. The number of halogens is 1. The van der Waals surface area contributed by atoms with E-state index in [2.05, 4.69) is 20.2 Å². The number of hydrogen-bond donors (Lipinski definition) is 1. The molecule has 0 unspecified atom stereocenters. The molecule has 2 bridgehead atoms. The molecule has 0 saturated heterocycles. The molecular weight excluding hydrogens is 387 g/mol. The zero-order valence-corrected chi connectivity index (χ0v) is 16.9. The van der Waals surface area contributed by atoms with Gasteiger partial charge in [-0.05, 0) is 39.0 Å². The van der Waals surface area contributed by atoms with Crippen molar-refractivity contribution in [1.29, 1.82) is 0 Å². The lowest BCUT2D eigenvalue weighted by Gasteiger charge is -2.25. The summed E-state index contributed by atoms with van der Waals surface area (Å²) in [5.41, 5.74) is 1.81. The number of anilines is 1. The van der Waals surface area contributed by atoms with Crippen LogP contribution in [-0.2, 0) is 6.54 Å². The van der Waals surface area contributed by atoms with E-state index < -0.39 is 11.9 Å². The number of aromatic nitrogens is 3. The summed E-state index contributed by atoms with van der Waals surface area (Å²) in [4.78, 5) is 22.8. The largest absolute Gasteiger partial charge is 0.490 e. The topological polar surface area (TPSA) is 76.1 Å². The van der Waals surface area contributed by atoms with Crippen molar-refractivity contribution in [2.45, 2.75) is 33.4 Å². The molecule has 1 atom stereocenters. The number of ether oxygens (including phenoxy) is 1. The quantitative estimate of drug-likeness (QED) is 0.626. The summed E-state index contributed by atoms with van der Waals surface area (Å²) in [5, 5.41) is 7.23. The summed E-state index contributed by atoms with van der Waals surface area (Å²) in [6, 6.07) is 4.54. The third-order valence-electron chi connectivity index (χ3n) is 5.11. The fraction of sp³-hybridized carbons (Fsp3) is 0.333. The number of aryl methyl sites for hydroxylation is 1. The Morgan fingerprint density at radius 2 is 2.20 bits per heavy atom. The average molecular weight is 408 g/mol. The van der Waals surface area contributed by atoms with E-state index in [0.717, 1.165) is 0 Å². The monoisotopic (exact) mass is 408 g/mol. The van der Waals surface area contributed by atoms with Crippen LogP contribution in [0, 0.1) is 19.3 Å². The van der Waals surface area contributed by atoms with E-state index in [1.54, 1.807) is 30.6 Å². The lowest BCUT2D eigenvalue weighted by atomic mass is 10.1. The first-order chi connectivity index (χ1) is 14.4. The van der Waals surface area contributed by atoms with E-state index in [9.17, 15) is 9.18 Å². The number of carbonyl (C=O) groups excluding carboxylic acids is 1. The van der Waals surface area contributed by atoms with Crippen LogP contribution in [0.4, 0.5) is 15.9 Å². The lowest BCUT2D eigenvalue weighted by molar-refractivity contribution is 0.0933. The number of fused-ring (bicyclic) bond motifs is 2. The van der Waals surface area contributed by atoms with Gasteiger partial charge in [-0.15, -0.1) is 0 Å². The lowest BCUT2D eigenvalue weighted by Crippen LogP contribution is -2.34. The van der Waals surface area contributed by atoms with E-state index in [-0.39, 0.29) is 24.7 Å². The summed E-state index contributed by atoms with van der Waals surface area (Å²) >= 11 is 0. The molecule has 1 aromatic carbocycles. The number of amides is 1. The molecule has 3 heterocycles. The molecular formula is C21H21FN6O2. The predicted octanol–water partition coefficient (Wildman–Crippen LogP) is 3.26. The second-order valence-corrected chi connectivity index (χ2v) is 7.15. The van der Waals surface area contributed by atoms with Crippen LogP contribution in [-0.4, -0.2) is 39.7 Å². The Kier molecular flexibility index (Phi) is 4.99. The molecule has 1 aliphatic rings. The van der Waals surface area contributed by atoms with E-state index in [4.69, 9.17) is 11.3 Å². The van der Waals surface area contributed by atoms with Gasteiger partial charge >= 0.3 is 0 Å². The fourth-order valence-electron chi connectivity index (χ4n) is 3.57. The molecule has 1 aliphatic heterocycles. The Bertz CT molecular complexity index is 1180. The van der Waals surface area contributed by atoms with Crippen LogP contribution in [0.2, 0.25) is 0 Å². The molecule has 8 nitrogen and oxygen atoms in total. The van der Waals surface area contributed by atoms with Crippen molar-refractivity contribution in [3.05, 3.63) is 58.5 Å². The third-order valence-corrected chi connectivity index (χ3v) is 5.11. The normalized spacial score (nSPS) is 16.7. The van der Waals surface area contributed by atoms with Crippen molar-refractivity contribution >= 4 is 23.1 Å². The number of nitrogens with zero attached hydrogens (tertiary/aromatic N) is 5. The van der Waals surface area contributed by atoms with Crippen molar-refractivity contribution in [2.75, 3.05) is 18.0 Å². The van der Waals surface area contributed by atoms with Gasteiger partial charge in [0.1, 0.15) is 29.1 Å². The van der Waals surface area contributed by atoms with Crippen LogP contribution in [0.1, 0.15) is 35.5 Å². The summed E-state index contributed by atoms with van der Waals surface area (Å²) in [5.74, 6) is 0.136. The van der Waals surface area contributed by atoms with Gasteiger partial charge in [0.25, 0.3) is 5.91 Å². The average Bonchev–Trinajstić information content (AvgIpc) is 3.06. The summed E-state index contributed by atoms with van der Waals surface area (Å²) in [6.07, 6.45) is 1.35. The van der Waals surface area contributed by atoms with Crippen LogP contribution < -0.4 is 15.0 Å². The molecule has 9 heteroatoms. The zero-order valence-electron chi connectivity index (χ0n) is 16.9. The number of nitrogens with one attached hydrogen (secondary N) is 1. The Morgan fingerprint density at radius 1 is 1.40 bits per heavy atom. The molecule has 0 saturated carbocycles. The van der Waals surface area contributed by atoms with Crippen molar-refractivity contribution in [2.24, 2.45) is 0 Å². The number of benzene rings is 1. The Balaban J connectivity index is 1.92. The Labute approximate surface area is 173 Å². The maximum atomic E-state index is 14.4. The van der Waals surface area contributed by atoms with Gasteiger partial charge in [-0.2, -0.15) is 5.10 Å². The van der Waals surface area contributed by atoms with Gasteiger partial charge in [0, 0.05) is 24.8 Å². The van der Waals surface area contributed by atoms with E-state index in [0.29, 0.717) is 40.6 Å². The summed E-state index contributed by atoms with van der Waals surface area (Å²) in [7, 11) is 0. The standard InChI is InChI=1S/C21H21FN6O2/c1-5-27-11-14-16(7-6-15(22)19(14)23-4)30-12(2)10-24-21(29)18-13(3)26-28-9-8-17(27)25-20(18)28/h6-9,12H,5,10-11H2,1-3H3,(H,24,29)/t12-/m1/s1. The molecule has 30 heavy (non-hydrogen) atoms. The molecule has 0 fully saturated rings. The van der Waals surface area contributed by atoms with Crippen LogP contribution in [0.3, 0.4) is 0 Å². The Hall–Kier alpha value is -3.67. The van der Waals surface area contributed by atoms with Gasteiger partial charge in [0.05, 0.1) is 18.8 Å². The maximum absolute atomic E-state index is 14.4. The van der Waals surface area contributed by atoms with Crippen molar-refractivity contribution in [3.8, 4) is 5.75 Å². The first-order valence-electron chi connectivity index (χ1n) is 9.67.